The minimum absolute atomic E-state index is 0.243. The molecule has 0 spiro atoms. The summed E-state index contributed by atoms with van der Waals surface area (Å²) in [6, 6.07) is 23.4. The molecule has 0 aliphatic heterocycles. The summed E-state index contributed by atoms with van der Waals surface area (Å²) in [4.78, 5) is 0. The van der Waals surface area contributed by atoms with Crippen molar-refractivity contribution < 1.29 is 11.0 Å². The van der Waals surface area contributed by atoms with Gasteiger partial charge in [-0.1, -0.05) is 100 Å². The maximum absolute atomic E-state index is 9.05. The Bertz CT molecular complexity index is 1430. The Morgan fingerprint density at radius 2 is 1.46 bits per heavy atom. The SMILES string of the molecule is [2H]c1c2c(c(C([2H])([2H])[2H])c([2H])c1C([2H])([2H])[2H])C(c1ccccc1)(c1ccccc1)c1ccc(Br)cc1-2. The molecule has 5 rings (SSSR count). The fourth-order valence-electron chi connectivity index (χ4n) is 4.44. The van der Waals surface area contributed by atoms with Crippen molar-refractivity contribution in [2.45, 2.75) is 19.1 Å². The lowest BCUT2D eigenvalue weighted by molar-refractivity contribution is 0.761. The predicted octanol–water partition coefficient (Wildman–Crippen LogP) is 7.43. The molecule has 4 aromatic rings. The number of hydrogen-bond acceptors (Lipinski definition) is 0. The molecule has 0 unspecified atom stereocenters. The van der Waals surface area contributed by atoms with Crippen LogP contribution >= 0.6 is 15.9 Å². The van der Waals surface area contributed by atoms with Crippen molar-refractivity contribution in [2.24, 2.45) is 0 Å². The van der Waals surface area contributed by atoms with Crippen LogP contribution in [0.4, 0.5) is 0 Å². The fourth-order valence-corrected chi connectivity index (χ4v) is 4.80. The number of fused-ring (bicyclic) bond motifs is 3. The van der Waals surface area contributed by atoms with E-state index >= 15 is 0 Å². The second-order valence-corrected chi connectivity index (χ2v) is 7.84. The standard InChI is InChI=1S/C27H21Br/c1-18-15-19(2)26-24(16-18)23-17-22(28)13-14-25(23)27(26,20-9-5-3-6-10-20)21-11-7-4-8-12-21/h3-17H,1-2H3/i1D3,2D3,15D,16D. The molecule has 0 amide bonds. The van der Waals surface area contributed by atoms with Crippen LogP contribution in [0.3, 0.4) is 0 Å². The van der Waals surface area contributed by atoms with Crippen LogP contribution in [0.5, 0.6) is 0 Å². The molecule has 0 nitrogen and oxygen atoms in total. The third-order valence-electron chi connectivity index (χ3n) is 5.44. The van der Waals surface area contributed by atoms with Crippen LogP contribution in [0.15, 0.2) is 95.4 Å². The van der Waals surface area contributed by atoms with Crippen LogP contribution in [-0.2, 0) is 5.41 Å². The van der Waals surface area contributed by atoms with Gasteiger partial charge < -0.3 is 0 Å². The summed E-state index contributed by atoms with van der Waals surface area (Å²) in [5, 5.41) is 0. The van der Waals surface area contributed by atoms with Crippen molar-refractivity contribution in [3.63, 3.8) is 0 Å². The maximum atomic E-state index is 9.05. The minimum Gasteiger partial charge on any atom is -0.0622 e. The van der Waals surface area contributed by atoms with Crippen molar-refractivity contribution in [2.75, 3.05) is 0 Å². The third kappa shape index (κ3) is 2.36. The first kappa shape index (κ1) is 10.8. The fraction of sp³-hybridized carbons (Fsp3) is 0.111. The molecule has 0 heterocycles. The molecule has 0 saturated heterocycles. The summed E-state index contributed by atoms with van der Waals surface area (Å²) in [6.45, 7) is -5.64. The molecule has 28 heavy (non-hydrogen) atoms. The van der Waals surface area contributed by atoms with Gasteiger partial charge in [0.05, 0.1) is 8.16 Å². The molecule has 0 N–H and O–H groups in total. The molecular weight excluding hydrogens is 404 g/mol. The van der Waals surface area contributed by atoms with E-state index in [1.54, 1.807) is 6.07 Å². The Hall–Kier alpha value is -2.64. The molecule has 136 valence electrons. The highest BCUT2D eigenvalue weighted by molar-refractivity contribution is 9.10. The molecule has 0 radical (unpaired) electrons. The topological polar surface area (TPSA) is 0 Å². The Morgan fingerprint density at radius 3 is 2.07 bits per heavy atom. The van der Waals surface area contributed by atoms with Gasteiger partial charge in [0, 0.05) is 12.7 Å². The highest BCUT2D eigenvalue weighted by atomic mass is 79.9. The first-order valence-electron chi connectivity index (χ1n) is 13.0. The summed E-state index contributed by atoms with van der Waals surface area (Å²) in [7, 11) is 0. The van der Waals surface area contributed by atoms with Crippen molar-refractivity contribution in [1.29, 1.82) is 0 Å². The largest absolute Gasteiger partial charge is 0.0716 e. The molecule has 1 heteroatoms. The van der Waals surface area contributed by atoms with Crippen LogP contribution in [0, 0.1) is 13.7 Å². The summed E-state index contributed by atoms with van der Waals surface area (Å²) in [5.41, 5.74) is 1.32. The highest BCUT2D eigenvalue weighted by Gasteiger charge is 2.46. The summed E-state index contributed by atoms with van der Waals surface area (Å²) < 4.78 is 68.2. The molecule has 1 aliphatic carbocycles. The third-order valence-corrected chi connectivity index (χ3v) is 5.94. The van der Waals surface area contributed by atoms with Crippen LogP contribution in [0.1, 0.15) is 44.3 Å². The zero-order valence-corrected chi connectivity index (χ0v) is 16.5. The van der Waals surface area contributed by atoms with Gasteiger partial charge in [-0.15, -0.1) is 0 Å². The Balaban J connectivity index is 2.13. The normalized spacial score (nSPS) is 18.9. The van der Waals surface area contributed by atoms with E-state index in [4.69, 9.17) is 11.0 Å². The molecule has 0 aromatic heterocycles. The lowest BCUT2D eigenvalue weighted by atomic mass is 9.66. The van der Waals surface area contributed by atoms with Crippen molar-refractivity contribution in [3.05, 3.63) is 129 Å². The molecule has 0 fully saturated rings. The first-order chi connectivity index (χ1) is 16.9. The van der Waals surface area contributed by atoms with E-state index in [0.717, 1.165) is 16.7 Å². The van der Waals surface area contributed by atoms with Gasteiger partial charge in [-0.05, 0) is 64.8 Å². The summed E-state index contributed by atoms with van der Waals surface area (Å²) >= 11 is 3.50. The van der Waals surface area contributed by atoms with E-state index < -0.39 is 30.7 Å². The van der Waals surface area contributed by atoms with Crippen molar-refractivity contribution in [1.82, 2.24) is 0 Å². The zero-order valence-electron chi connectivity index (χ0n) is 22.9. The average molecular weight is 433 g/mol. The number of rotatable bonds is 2. The van der Waals surface area contributed by atoms with E-state index in [1.165, 1.54) is 0 Å². The van der Waals surface area contributed by atoms with Crippen molar-refractivity contribution >= 4 is 15.9 Å². The number of halogens is 1. The van der Waals surface area contributed by atoms with Crippen molar-refractivity contribution in [3.8, 4) is 11.1 Å². The predicted molar refractivity (Wildman–Crippen MR) is 121 cm³/mol. The van der Waals surface area contributed by atoms with Crippen LogP contribution in [0.2, 0.25) is 0 Å². The summed E-state index contributed by atoms with van der Waals surface area (Å²) in [5.74, 6) is 0. The zero-order chi connectivity index (χ0) is 26.0. The molecule has 1 aliphatic rings. The molecule has 0 saturated carbocycles. The molecule has 0 atom stereocenters. The van der Waals surface area contributed by atoms with Gasteiger partial charge in [0.25, 0.3) is 0 Å². The van der Waals surface area contributed by atoms with Gasteiger partial charge in [-0.3, -0.25) is 0 Å². The van der Waals surface area contributed by atoms with E-state index in [1.807, 2.05) is 72.8 Å². The van der Waals surface area contributed by atoms with Gasteiger partial charge in [0.1, 0.15) is 0 Å². The molecule has 0 bridgehead atoms. The second-order valence-electron chi connectivity index (χ2n) is 6.92. The average Bonchev–Trinajstić information content (AvgIpc) is 3.09. The maximum Gasteiger partial charge on any atom is 0.0716 e. The van der Waals surface area contributed by atoms with Crippen LogP contribution < -0.4 is 0 Å². The van der Waals surface area contributed by atoms with E-state index in [2.05, 4.69) is 15.9 Å². The lowest BCUT2D eigenvalue weighted by Gasteiger charge is -2.35. The van der Waals surface area contributed by atoms with Gasteiger partial charge in [-0.2, -0.15) is 0 Å². The quantitative estimate of drug-likeness (QED) is 0.272. The summed E-state index contributed by atoms with van der Waals surface area (Å²) in [6.07, 6.45) is 0. The Kier molecular flexibility index (Phi) is 2.49. The van der Waals surface area contributed by atoms with Gasteiger partial charge >= 0.3 is 0 Å². The Morgan fingerprint density at radius 1 is 0.786 bits per heavy atom. The van der Waals surface area contributed by atoms with Gasteiger partial charge in [0.2, 0.25) is 0 Å². The van der Waals surface area contributed by atoms with E-state index in [0.29, 0.717) is 10.0 Å². The van der Waals surface area contributed by atoms with Crippen LogP contribution in [0.25, 0.3) is 11.1 Å². The Labute approximate surface area is 186 Å². The monoisotopic (exact) mass is 432 g/mol. The van der Waals surface area contributed by atoms with Gasteiger partial charge in [-0.25, -0.2) is 0 Å². The second kappa shape index (κ2) is 6.46. The minimum atomic E-state index is -2.83. The van der Waals surface area contributed by atoms with E-state index in [9.17, 15) is 0 Å². The van der Waals surface area contributed by atoms with E-state index in [-0.39, 0.29) is 22.7 Å². The van der Waals surface area contributed by atoms with Gasteiger partial charge in [0.15, 0.2) is 0 Å². The first-order valence-corrected chi connectivity index (χ1v) is 9.79. The smallest absolute Gasteiger partial charge is 0.0622 e. The number of benzene rings is 4. The lowest BCUT2D eigenvalue weighted by Crippen LogP contribution is -2.29. The molecule has 4 aromatic carbocycles. The van der Waals surface area contributed by atoms with Crippen LogP contribution in [-0.4, -0.2) is 0 Å². The highest BCUT2D eigenvalue weighted by Crippen LogP contribution is 2.57. The molecular formula is C27H21Br. The number of hydrogen-bond donors (Lipinski definition) is 0.